The fourth-order valence-electron chi connectivity index (χ4n) is 6.17. The summed E-state index contributed by atoms with van der Waals surface area (Å²) in [4.78, 5) is 34.3. The van der Waals surface area contributed by atoms with Crippen molar-refractivity contribution >= 4 is 28.4 Å². The van der Waals surface area contributed by atoms with Gasteiger partial charge in [0.2, 0.25) is 5.91 Å². The molecule has 2 aromatic heterocycles. The van der Waals surface area contributed by atoms with Crippen molar-refractivity contribution in [3.05, 3.63) is 120 Å². The van der Waals surface area contributed by atoms with Crippen LogP contribution in [0.3, 0.4) is 0 Å². The largest absolute Gasteiger partial charge is 0.343 e. The van der Waals surface area contributed by atoms with Gasteiger partial charge in [0, 0.05) is 35.3 Å². The molecule has 2 amide bonds. The minimum absolute atomic E-state index is 0.125. The van der Waals surface area contributed by atoms with Crippen molar-refractivity contribution in [2.45, 2.75) is 39.3 Å². The molecule has 0 spiro atoms. The molecule has 41 heavy (non-hydrogen) atoms. The molecule has 1 aliphatic heterocycles. The van der Waals surface area contributed by atoms with E-state index < -0.39 is 12.1 Å². The van der Waals surface area contributed by atoms with Gasteiger partial charge in [-0.2, -0.15) is 0 Å². The van der Waals surface area contributed by atoms with Gasteiger partial charge < -0.3 is 14.8 Å². The van der Waals surface area contributed by atoms with Crippen LogP contribution in [0.15, 0.2) is 97.3 Å². The second-order valence-corrected chi connectivity index (χ2v) is 11.3. The van der Waals surface area contributed by atoms with E-state index in [1.54, 1.807) is 18.5 Å². The maximum absolute atomic E-state index is 14.3. The maximum atomic E-state index is 14.3. The first kappa shape index (κ1) is 26.5. The van der Waals surface area contributed by atoms with Gasteiger partial charge in [-0.15, -0.1) is 0 Å². The van der Waals surface area contributed by atoms with Crippen LogP contribution in [0.4, 0.5) is 5.69 Å². The Balaban J connectivity index is 1.59. The average Bonchev–Trinajstić information content (AvgIpc) is 3.43. The minimum Gasteiger partial charge on any atom is -0.343 e. The lowest BCUT2D eigenvalue weighted by molar-refractivity contribution is -0.121. The average molecular weight is 543 g/mol. The molecule has 3 heterocycles. The molecule has 3 aromatic carbocycles. The summed E-state index contributed by atoms with van der Waals surface area (Å²) in [5, 5.41) is 4.11. The number of carbonyl (C=O) groups excluding carboxylic acids is 2. The highest BCUT2D eigenvalue weighted by molar-refractivity contribution is 6.06. The van der Waals surface area contributed by atoms with Crippen LogP contribution < -0.4 is 5.32 Å². The highest BCUT2D eigenvalue weighted by Crippen LogP contribution is 2.48. The topological polar surface area (TPSA) is 67.2 Å². The molecule has 0 saturated carbocycles. The third-order valence-corrected chi connectivity index (χ3v) is 8.01. The van der Waals surface area contributed by atoms with Crippen LogP contribution in [0.5, 0.6) is 0 Å². The van der Waals surface area contributed by atoms with Crippen molar-refractivity contribution in [1.29, 1.82) is 0 Å². The van der Waals surface area contributed by atoms with E-state index in [4.69, 9.17) is 0 Å². The lowest BCUT2D eigenvalue weighted by Crippen LogP contribution is -2.47. The summed E-state index contributed by atoms with van der Waals surface area (Å²) >= 11 is 0. The number of nitrogens with one attached hydrogen (secondary N) is 1. The molecule has 206 valence electrons. The number of pyridine rings is 1. The molecule has 0 fully saturated rings. The molecule has 2 atom stereocenters. The monoisotopic (exact) mass is 542 g/mol. The molecule has 6 nitrogen and oxygen atoms in total. The molecule has 2 unspecified atom stereocenters. The number of hydrogen-bond donors (Lipinski definition) is 1. The lowest BCUT2D eigenvalue weighted by Gasteiger charge is -2.34. The fourth-order valence-corrected chi connectivity index (χ4v) is 6.17. The van der Waals surface area contributed by atoms with Gasteiger partial charge in [0.05, 0.1) is 23.6 Å². The molecular formula is C35H34N4O2. The van der Waals surface area contributed by atoms with Gasteiger partial charge in [-0.25, -0.2) is 0 Å². The van der Waals surface area contributed by atoms with Crippen LogP contribution in [0.25, 0.3) is 22.2 Å². The van der Waals surface area contributed by atoms with E-state index >= 15 is 0 Å². The van der Waals surface area contributed by atoms with Crippen LogP contribution in [0.2, 0.25) is 0 Å². The quantitative estimate of drug-likeness (QED) is 0.238. The molecule has 0 bridgehead atoms. The SMILES string of the molecule is Cc1ccc(-c2c(C3c4ccccc4C(=O)N3C(CC(C)C)C(=O)Nc3cccnc3)c3ccccc3n2C)cc1. The molecule has 0 aliphatic carbocycles. The Morgan fingerprint density at radius 2 is 1.68 bits per heavy atom. The number of para-hydroxylation sites is 1. The van der Waals surface area contributed by atoms with E-state index in [2.05, 4.69) is 79.1 Å². The van der Waals surface area contributed by atoms with Crippen molar-refractivity contribution in [3.8, 4) is 11.3 Å². The van der Waals surface area contributed by atoms with Crippen LogP contribution >= 0.6 is 0 Å². The van der Waals surface area contributed by atoms with E-state index in [-0.39, 0.29) is 17.7 Å². The van der Waals surface area contributed by atoms with Crippen molar-refractivity contribution in [1.82, 2.24) is 14.5 Å². The highest BCUT2D eigenvalue weighted by Gasteiger charge is 2.46. The number of benzene rings is 3. The van der Waals surface area contributed by atoms with E-state index in [1.807, 2.05) is 47.4 Å². The Bertz CT molecular complexity index is 1740. The molecule has 1 N–H and O–H groups in total. The number of rotatable bonds is 7. The number of carbonyl (C=O) groups is 2. The van der Waals surface area contributed by atoms with Crippen LogP contribution in [0.1, 0.15) is 53.4 Å². The van der Waals surface area contributed by atoms with Gasteiger partial charge in [-0.05, 0) is 54.7 Å². The summed E-state index contributed by atoms with van der Waals surface area (Å²) in [6.45, 7) is 6.25. The van der Waals surface area contributed by atoms with Crippen LogP contribution in [-0.2, 0) is 11.8 Å². The Labute approximate surface area is 240 Å². The number of hydrogen-bond acceptors (Lipinski definition) is 3. The molecule has 6 rings (SSSR count). The van der Waals surface area contributed by atoms with Gasteiger partial charge in [0.25, 0.3) is 5.91 Å². The summed E-state index contributed by atoms with van der Waals surface area (Å²) in [5.41, 5.74) is 7.58. The summed E-state index contributed by atoms with van der Waals surface area (Å²) in [5.74, 6) is -0.156. The van der Waals surface area contributed by atoms with Gasteiger partial charge in [0.15, 0.2) is 0 Å². The van der Waals surface area contributed by atoms with Crippen molar-refractivity contribution in [2.24, 2.45) is 13.0 Å². The lowest BCUT2D eigenvalue weighted by atomic mass is 9.91. The number of aromatic nitrogens is 2. The number of anilines is 1. The van der Waals surface area contributed by atoms with Crippen molar-refractivity contribution in [3.63, 3.8) is 0 Å². The third kappa shape index (κ3) is 4.69. The number of fused-ring (bicyclic) bond motifs is 2. The first-order valence-electron chi connectivity index (χ1n) is 14.1. The van der Waals surface area contributed by atoms with Gasteiger partial charge >= 0.3 is 0 Å². The Morgan fingerprint density at radius 3 is 2.41 bits per heavy atom. The van der Waals surface area contributed by atoms with E-state index in [0.717, 1.165) is 33.3 Å². The molecule has 5 aromatic rings. The summed E-state index contributed by atoms with van der Waals surface area (Å²) in [6, 6.07) is 27.1. The van der Waals surface area contributed by atoms with E-state index in [1.165, 1.54) is 5.56 Å². The smallest absolute Gasteiger partial charge is 0.255 e. The second kappa shape index (κ2) is 10.7. The maximum Gasteiger partial charge on any atom is 0.255 e. The van der Waals surface area contributed by atoms with Gasteiger partial charge in [0.1, 0.15) is 6.04 Å². The first-order valence-corrected chi connectivity index (χ1v) is 14.1. The molecule has 1 aliphatic rings. The number of nitrogens with zero attached hydrogens (tertiary/aromatic N) is 3. The number of amides is 2. The zero-order valence-corrected chi connectivity index (χ0v) is 23.8. The first-order chi connectivity index (χ1) is 19.8. The standard InChI is InChI=1S/C35H34N4O2/c1-22(2)20-30(34(40)37-25-10-9-19-36-21-25)39-33(26-11-5-6-12-27(26)35(39)41)31-28-13-7-8-14-29(28)38(4)32(31)24-17-15-23(3)16-18-24/h5-19,21-22,30,33H,20H2,1-4H3,(H,37,40). The fraction of sp³-hybridized carbons (Fsp3) is 0.229. The van der Waals surface area contributed by atoms with Crippen molar-refractivity contribution < 1.29 is 9.59 Å². The zero-order valence-electron chi connectivity index (χ0n) is 23.8. The van der Waals surface area contributed by atoms with Gasteiger partial charge in [-0.3, -0.25) is 14.6 Å². The summed E-state index contributed by atoms with van der Waals surface area (Å²) in [6.07, 6.45) is 3.82. The zero-order chi connectivity index (χ0) is 28.7. The summed E-state index contributed by atoms with van der Waals surface area (Å²) < 4.78 is 2.21. The van der Waals surface area contributed by atoms with E-state index in [9.17, 15) is 9.59 Å². The minimum atomic E-state index is -0.690. The summed E-state index contributed by atoms with van der Waals surface area (Å²) in [7, 11) is 2.08. The van der Waals surface area contributed by atoms with Crippen LogP contribution in [-0.4, -0.2) is 32.3 Å². The predicted molar refractivity (Wildman–Crippen MR) is 164 cm³/mol. The molecule has 6 heteroatoms. The number of aryl methyl sites for hydroxylation is 2. The van der Waals surface area contributed by atoms with E-state index in [0.29, 0.717) is 17.7 Å². The normalized spacial score (nSPS) is 15.4. The van der Waals surface area contributed by atoms with Crippen molar-refractivity contribution in [2.75, 3.05) is 5.32 Å². The Morgan fingerprint density at radius 1 is 0.951 bits per heavy atom. The second-order valence-electron chi connectivity index (χ2n) is 11.3. The van der Waals surface area contributed by atoms with Gasteiger partial charge in [-0.1, -0.05) is 80.1 Å². The highest BCUT2D eigenvalue weighted by atomic mass is 16.2. The molecular weight excluding hydrogens is 508 g/mol. The third-order valence-electron chi connectivity index (χ3n) is 8.01. The molecule has 0 radical (unpaired) electrons. The predicted octanol–water partition coefficient (Wildman–Crippen LogP) is 7.15. The molecule has 0 saturated heterocycles. The van der Waals surface area contributed by atoms with Crippen LogP contribution in [0, 0.1) is 12.8 Å². The Kier molecular flexibility index (Phi) is 6.91. The Hall–Kier alpha value is -4.71.